The van der Waals surface area contributed by atoms with Gasteiger partial charge in [-0.3, -0.25) is 0 Å². The van der Waals surface area contributed by atoms with Crippen molar-refractivity contribution in [2.75, 3.05) is 0 Å². The Balaban J connectivity index is 1.98. The third-order valence-corrected chi connectivity index (χ3v) is 4.38. The SMILES string of the molecule is C1=C\C=C(\C2CCCCC2)CCCCCC\C=C/1. The topological polar surface area (TPSA) is 0 Å². The van der Waals surface area contributed by atoms with Gasteiger partial charge in [0.2, 0.25) is 0 Å². The summed E-state index contributed by atoms with van der Waals surface area (Å²) in [5.74, 6) is 0.898. The Morgan fingerprint density at radius 1 is 0.722 bits per heavy atom. The second-order valence-corrected chi connectivity index (χ2v) is 5.84. The zero-order chi connectivity index (χ0) is 12.5. The predicted octanol–water partition coefficient (Wildman–Crippen LogP) is 5.96. The van der Waals surface area contributed by atoms with Crippen LogP contribution in [0, 0.1) is 5.92 Å². The molecule has 1 saturated carbocycles. The minimum Gasteiger partial charge on any atom is -0.0845 e. The van der Waals surface area contributed by atoms with Gasteiger partial charge in [0.25, 0.3) is 0 Å². The maximum atomic E-state index is 2.42. The van der Waals surface area contributed by atoms with E-state index in [1.54, 1.807) is 5.57 Å². The number of hydrogen-bond donors (Lipinski definition) is 0. The quantitative estimate of drug-likeness (QED) is 0.534. The molecule has 18 heavy (non-hydrogen) atoms. The van der Waals surface area contributed by atoms with E-state index >= 15 is 0 Å². The lowest BCUT2D eigenvalue weighted by atomic mass is 9.81. The second-order valence-electron chi connectivity index (χ2n) is 5.84. The van der Waals surface area contributed by atoms with Crippen molar-refractivity contribution in [3.05, 3.63) is 36.0 Å². The summed E-state index contributed by atoms with van der Waals surface area (Å²) in [7, 11) is 0. The minimum atomic E-state index is 0.898. The first-order valence-electron chi connectivity index (χ1n) is 7.99. The van der Waals surface area contributed by atoms with Crippen molar-refractivity contribution in [1.29, 1.82) is 0 Å². The fourth-order valence-electron chi connectivity index (χ4n) is 3.26. The van der Waals surface area contributed by atoms with Crippen molar-refractivity contribution in [2.45, 2.75) is 70.6 Å². The molecule has 0 unspecified atom stereocenters. The molecule has 0 aliphatic heterocycles. The molecule has 100 valence electrons. The van der Waals surface area contributed by atoms with Crippen LogP contribution in [-0.2, 0) is 0 Å². The van der Waals surface area contributed by atoms with Crippen molar-refractivity contribution in [3.8, 4) is 0 Å². The summed E-state index contributed by atoms with van der Waals surface area (Å²) in [6.07, 6.45) is 26.9. The smallest absolute Gasteiger partial charge is 0.0200 e. The molecule has 2 aliphatic carbocycles. The summed E-state index contributed by atoms with van der Waals surface area (Å²) < 4.78 is 0. The van der Waals surface area contributed by atoms with Gasteiger partial charge in [0.1, 0.15) is 0 Å². The predicted molar refractivity (Wildman–Crippen MR) is 80.6 cm³/mol. The van der Waals surface area contributed by atoms with Gasteiger partial charge in [-0.05, 0) is 44.4 Å². The summed E-state index contributed by atoms with van der Waals surface area (Å²) >= 11 is 0. The molecule has 0 spiro atoms. The molecular formula is C18H28. The van der Waals surface area contributed by atoms with E-state index < -0.39 is 0 Å². The molecule has 0 radical (unpaired) electrons. The van der Waals surface area contributed by atoms with Gasteiger partial charge in [0.05, 0.1) is 0 Å². The Bertz CT molecular complexity index is 300. The molecule has 0 aromatic rings. The number of allylic oxidation sites excluding steroid dienone is 6. The first kappa shape index (κ1) is 13.6. The molecule has 0 aromatic carbocycles. The molecule has 2 rings (SSSR count). The molecule has 2 aliphatic rings. The van der Waals surface area contributed by atoms with E-state index in [1.165, 1.54) is 70.6 Å². The van der Waals surface area contributed by atoms with Crippen LogP contribution < -0.4 is 0 Å². The van der Waals surface area contributed by atoms with E-state index in [0.717, 1.165) is 5.92 Å². The Hall–Kier alpha value is -0.780. The van der Waals surface area contributed by atoms with E-state index in [-0.39, 0.29) is 0 Å². The highest BCUT2D eigenvalue weighted by molar-refractivity contribution is 5.19. The Morgan fingerprint density at radius 3 is 2.39 bits per heavy atom. The summed E-state index contributed by atoms with van der Waals surface area (Å²) in [5, 5.41) is 0. The molecule has 0 N–H and O–H groups in total. The van der Waals surface area contributed by atoms with Gasteiger partial charge in [-0.1, -0.05) is 68.1 Å². The molecule has 0 saturated heterocycles. The van der Waals surface area contributed by atoms with Crippen LogP contribution in [0.1, 0.15) is 70.6 Å². The summed E-state index contributed by atoms with van der Waals surface area (Å²) in [4.78, 5) is 0. The molecular weight excluding hydrogens is 216 g/mol. The highest BCUT2D eigenvalue weighted by atomic mass is 14.2. The molecule has 0 heteroatoms. The summed E-state index contributed by atoms with van der Waals surface area (Å²) in [5.41, 5.74) is 1.74. The van der Waals surface area contributed by atoms with Gasteiger partial charge in [-0.15, -0.1) is 0 Å². The van der Waals surface area contributed by atoms with E-state index in [2.05, 4.69) is 30.4 Å². The fraction of sp³-hybridized carbons (Fsp3) is 0.667. The van der Waals surface area contributed by atoms with Gasteiger partial charge in [-0.25, -0.2) is 0 Å². The Morgan fingerprint density at radius 2 is 1.50 bits per heavy atom. The van der Waals surface area contributed by atoms with E-state index in [0.29, 0.717) is 0 Å². The lowest BCUT2D eigenvalue weighted by Gasteiger charge is -2.24. The standard InChI is InChI=1S/C18H28/c1-2-4-6-9-13-17(14-10-7-5-3-1)18-15-11-8-12-16-18/h2,4,6,9,13,18H,1,3,5,7-8,10-12,14-16H2/b4-2-,9-6-,17-13+. The zero-order valence-corrected chi connectivity index (χ0v) is 11.7. The first-order chi connectivity index (χ1) is 8.97. The zero-order valence-electron chi connectivity index (χ0n) is 11.7. The minimum absolute atomic E-state index is 0.898. The van der Waals surface area contributed by atoms with E-state index in [9.17, 15) is 0 Å². The summed E-state index contributed by atoms with van der Waals surface area (Å²) in [6.45, 7) is 0. The van der Waals surface area contributed by atoms with Crippen LogP contribution >= 0.6 is 0 Å². The Labute approximate surface area is 113 Å². The van der Waals surface area contributed by atoms with Crippen molar-refractivity contribution in [1.82, 2.24) is 0 Å². The van der Waals surface area contributed by atoms with Gasteiger partial charge in [0.15, 0.2) is 0 Å². The van der Waals surface area contributed by atoms with Crippen molar-refractivity contribution >= 4 is 0 Å². The monoisotopic (exact) mass is 244 g/mol. The van der Waals surface area contributed by atoms with Gasteiger partial charge in [-0.2, -0.15) is 0 Å². The lowest BCUT2D eigenvalue weighted by molar-refractivity contribution is 0.392. The largest absolute Gasteiger partial charge is 0.0845 e. The molecule has 0 bridgehead atoms. The molecule has 0 heterocycles. The summed E-state index contributed by atoms with van der Waals surface area (Å²) in [6, 6.07) is 0. The lowest BCUT2D eigenvalue weighted by Crippen LogP contribution is -2.09. The molecule has 0 nitrogen and oxygen atoms in total. The highest BCUT2D eigenvalue weighted by Gasteiger charge is 2.16. The van der Waals surface area contributed by atoms with Crippen LogP contribution in [0.3, 0.4) is 0 Å². The van der Waals surface area contributed by atoms with Crippen LogP contribution in [0.4, 0.5) is 0 Å². The molecule has 1 fully saturated rings. The maximum Gasteiger partial charge on any atom is -0.0200 e. The van der Waals surface area contributed by atoms with Crippen molar-refractivity contribution in [3.63, 3.8) is 0 Å². The van der Waals surface area contributed by atoms with E-state index in [4.69, 9.17) is 0 Å². The second kappa shape index (κ2) is 8.34. The van der Waals surface area contributed by atoms with Gasteiger partial charge < -0.3 is 0 Å². The van der Waals surface area contributed by atoms with Crippen LogP contribution in [0.25, 0.3) is 0 Å². The van der Waals surface area contributed by atoms with Crippen molar-refractivity contribution < 1.29 is 0 Å². The number of hydrogen-bond acceptors (Lipinski definition) is 0. The van der Waals surface area contributed by atoms with Crippen LogP contribution in [0.15, 0.2) is 36.0 Å². The highest BCUT2D eigenvalue weighted by Crippen LogP contribution is 2.32. The van der Waals surface area contributed by atoms with Crippen LogP contribution in [0.2, 0.25) is 0 Å². The average molecular weight is 244 g/mol. The average Bonchev–Trinajstić information content (AvgIpc) is 2.40. The Kier molecular flexibility index (Phi) is 6.33. The third-order valence-electron chi connectivity index (χ3n) is 4.38. The molecule has 0 atom stereocenters. The van der Waals surface area contributed by atoms with Gasteiger partial charge >= 0.3 is 0 Å². The third kappa shape index (κ3) is 4.84. The van der Waals surface area contributed by atoms with Crippen molar-refractivity contribution in [2.24, 2.45) is 5.92 Å². The number of rotatable bonds is 1. The van der Waals surface area contributed by atoms with Crippen LogP contribution in [-0.4, -0.2) is 0 Å². The van der Waals surface area contributed by atoms with Crippen LogP contribution in [0.5, 0.6) is 0 Å². The normalized spacial score (nSPS) is 30.6. The van der Waals surface area contributed by atoms with E-state index in [1.807, 2.05) is 0 Å². The molecule has 0 amide bonds. The van der Waals surface area contributed by atoms with Gasteiger partial charge in [0, 0.05) is 0 Å². The fourth-order valence-corrected chi connectivity index (χ4v) is 3.26. The maximum absolute atomic E-state index is 2.42. The molecule has 0 aromatic heterocycles. The first-order valence-corrected chi connectivity index (χ1v) is 7.99.